The fourth-order valence-electron chi connectivity index (χ4n) is 4.45. The second-order valence-corrected chi connectivity index (χ2v) is 9.15. The molecule has 1 aliphatic heterocycles. The summed E-state index contributed by atoms with van der Waals surface area (Å²) >= 11 is 6.61. The first kappa shape index (κ1) is 23.2. The molecule has 0 aromatic heterocycles. The standard InChI is InChI=1S/C25H26ClF3N2/c1-5-10-31-23-13-22(26)18(12-21(23)16(2)14-24(31,3)4)11-19(15-30)17-6-8-20(9-7-17)25(27,28)29/h6-9,11-13,16H,5,10,14H2,1-4H3/b19-11+. The first-order valence-corrected chi connectivity index (χ1v) is 10.8. The number of hydrogen-bond acceptors (Lipinski definition) is 2. The molecule has 0 saturated carbocycles. The highest BCUT2D eigenvalue weighted by Gasteiger charge is 2.36. The van der Waals surface area contributed by atoms with Gasteiger partial charge in [0, 0.05) is 22.8 Å². The van der Waals surface area contributed by atoms with Crippen LogP contribution in [0.5, 0.6) is 0 Å². The Balaban J connectivity index is 2.05. The molecule has 0 bridgehead atoms. The van der Waals surface area contributed by atoms with Crippen molar-refractivity contribution in [2.24, 2.45) is 0 Å². The van der Waals surface area contributed by atoms with E-state index in [1.54, 1.807) is 6.08 Å². The molecule has 0 radical (unpaired) electrons. The lowest BCUT2D eigenvalue weighted by Gasteiger charge is -2.47. The van der Waals surface area contributed by atoms with Gasteiger partial charge in [0.2, 0.25) is 0 Å². The summed E-state index contributed by atoms with van der Waals surface area (Å²) in [5.74, 6) is 0.319. The van der Waals surface area contributed by atoms with Crippen molar-refractivity contribution in [2.75, 3.05) is 11.4 Å². The lowest BCUT2D eigenvalue weighted by molar-refractivity contribution is -0.137. The molecule has 31 heavy (non-hydrogen) atoms. The molecule has 0 spiro atoms. The number of nitrogens with zero attached hydrogens (tertiary/aromatic N) is 2. The molecule has 1 unspecified atom stereocenters. The van der Waals surface area contributed by atoms with Gasteiger partial charge in [0.05, 0.1) is 17.2 Å². The Bertz CT molecular complexity index is 1030. The summed E-state index contributed by atoms with van der Waals surface area (Å²) in [5.41, 5.74) is 2.94. The second-order valence-electron chi connectivity index (χ2n) is 8.75. The van der Waals surface area contributed by atoms with Gasteiger partial charge >= 0.3 is 6.18 Å². The zero-order valence-electron chi connectivity index (χ0n) is 18.1. The largest absolute Gasteiger partial charge is 0.416 e. The van der Waals surface area contributed by atoms with Crippen LogP contribution in [-0.2, 0) is 6.18 Å². The third kappa shape index (κ3) is 4.75. The molecule has 0 amide bonds. The average molecular weight is 447 g/mol. The molecule has 0 N–H and O–H groups in total. The van der Waals surface area contributed by atoms with Gasteiger partial charge in [-0.1, -0.05) is 37.6 Å². The van der Waals surface area contributed by atoms with Gasteiger partial charge in [0.15, 0.2) is 0 Å². The highest BCUT2D eigenvalue weighted by atomic mass is 35.5. The van der Waals surface area contributed by atoms with Crippen molar-refractivity contribution in [3.8, 4) is 6.07 Å². The minimum atomic E-state index is -4.41. The zero-order valence-corrected chi connectivity index (χ0v) is 18.9. The quantitative estimate of drug-likeness (QED) is 0.352. The van der Waals surface area contributed by atoms with Gasteiger partial charge in [-0.15, -0.1) is 0 Å². The van der Waals surface area contributed by atoms with Gasteiger partial charge in [-0.3, -0.25) is 0 Å². The number of alkyl halides is 3. The summed E-state index contributed by atoms with van der Waals surface area (Å²) in [6, 6.07) is 10.7. The molecular weight excluding hydrogens is 421 g/mol. The van der Waals surface area contributed by atoms with E-state index in [1.165, 1.54) is 17.7 Å². The fraction of sp³-hybridized carbons (Fsp3) is 0.400. The van der Waals surface area contributed by atoms with Crippen LogP contribution in [-0.4, -0.2) is 12.1 Å². The fourth-order valence-corrected chi connectivity index (χ4v) is 4.67. The Kier molecular flexibility index (Phi) is 6.43. The van der Waals surface area contributed by atoms with Gasteiger partial charge in [0.1, 0.15) is 0 Å². The molecule has 6 heteroatoms. The summed E-state index contributed by atoms with van der Waals surface area (Å²) in [6.07, 6.45) is -0.745. The summed E-state index contributed by atoms with van der Waals surface area (Å²) in [4.78, 5) is 2.39. The number of nitriles is 1. The molecule has 1 heterocycles. The van der Waals surface area contributed by atoms with Crippen molar-refractivity contribution in [1.29, 1.82) is 5.26 Å². The maximum absolute atomic E-state index is 12.8. The predicted octanol–water partition coefficient (Wildman–Crippen LogP) is 7.93. The van der Waals surface area contributed by atoms with E-state index in [0.717, 1.165) is 37.2 Å². The highest BCUT2D eigenvalue weighted by molar-refractivity contribution is 6.32. The van der Waals surface area contributed by atoms with Crippen LogP contribution in [0.4, 0.5) is 18.9 Å². The molecule has 164 valence electrons. The van der Waals surface area contributed by atoms with Gasteiger partial charge in [-0.2, -0.15) is 18.4 Å². The topological polar surface area (TPSA) is 27.0 Å². The summed E-state index contributed by atoms with van der Waals surface area (Å²) < 4.78 is 38.5. The van der Waals surface area contributed by atoms with E-state index in [2.05, 4.69) is 38.7 Å². The maximum atomic E-state index is 12.8. The molecule has 0 aliphatic carbocycles. The Morgan fingerprint density at radius 1 is 1.26 bits per heavy atom. The summed E-state index contributed by atoms with van der Waals surface area (Å²) in [5, 5.41) is 10.2. The zero-order chi connectivity index (χ0) is 23.0. The number of fused-ring (bicyclic) bond motifs is 1. The van der Waals surface area contributed by atoms with Gasteiger partial charge in [-0.05, 0) is 79.6 Å². The van der Waals surface area contributed by atoms with E-state index in [-0.39, 0.29) is 11.1 Å². The molecule has 1 atom stereocenters. The van der Waals surface area contributed by atoms with Crippen LogP contribution in [0.2, 0.25) is 5.02 Å². The van der Waals surface area contributed by atoms with Crippen molar-refractivity contribution in [1.82, 2.24) is 0 Å². The molecular formula is C25H26ClF3N2. The van der Waals surface area contributed by atoms with Crippen molar-refractivity contribution >= 4 is 28.9 Å². The minimum absolute atomic E-state index is 0.0150. The first-order valence-electron chi connectivity index (χ1n) is 10.4. The molecule has 0 saturated heterocycles. The van der Waals surface area contributed by atoms with E-state index in [4.69, 9.17) is 11.6 Å². The molecule has 1 aliphatic rings. The molecule has 0 fully saturated rings. The third-order valence-electron chi connectivity index (χ3n) is 5.89. The van der Waals surface area contributed by atoms with Crippen LogP contribution in [0.3, 0.4) is 0 Å². The minimum Gasteiger partial charge on any atom is -0.366 e. The number of allylic oxidation sites excluding steroid dienone is 1. The van der Waals surface area contributed by atoms with Crippen LogP contribution in [0, 0.1) is 11.3 Å². The summed E-state index contributed by atoms with van der Waals surface area (Å²) in [7, 11) is 0. The Morgan fingerprint density at radius 3 is 2.45 bits per heavy atom. The number of rotatable bonds is 4. The van der Waals surface area contributed by atoms with Crippen LogP contribution in [0.1, 0.15) is 68.7 Å². The molecule has 2 nitrogen and oxygen atoms in total. The van der Waals surface area contributed by atoms with E-state index in [1.807, 2.05) is 12.1 Å². The Labute approximate surface area is 186 Å². The predicted molar refractivity (Wildman–Crippen MR) is 121 cm³/mol. The van der Waals surface area contributed by atoms with Gasteiger partial charge in [-0.25, -0.2) is 0 Å². The molecule has 3 rings (SSSR count). The van der Waals surface area contributed by atoms with Crippen LogP contribution < -0.4 is 4.90 Å². The van der Waals surface area contributed by atoms with Crippen LogP contribution >= 0.6 is 11.6 Å². The van der Waals surface area contributed by atoms with E-state index >= 15 is 0 Å². The number of hydrogen-bond donors (Lipinski definition) is 0. The van der Waals surface area contributed by atoms with Crippen LogP contribution in [0.15, 0.2) is 36.4 Å². The second kappa shape index (κ2) is 8.59. The van der Waals surface area contributed by atoms with E-state index < -0.39 is 11.7 Å². The van der Waals surface area contributed by atoms with Crippen molar-refractivity contribution in [2.45, 2.75) is 58.2 Å². The monoisotopic (exact) mass is 446 g/mol. The first-order chi connectivity index (χ1) is 14.5. The lowest BCUT2D eigenvalue weighted by atomic mass is 9.79. The highest BCUT2D eigenvalue weighted by Crippen LogP contribution is 2.45. The lowest BCUT2D eigenvalue weighted by Crippen LogP contribution is -2.48. The van der Waals surface area contributed by atoms with Crippen molar-refractivity contribution < 1.29 is 13.2 Å². The molecule has 2 aromatic rings. The smallest absolute Gasteiger partial charge is 0.366 e. The van der Waals surface area contributed by atoms with Crippen molar-refractivity contribution in [3.05, 3.63) is 63.7 Å². The number of anilines is 1. The summed E-state index contributed by atoms with van der Waals surface area (Å²) in [6.45, 7) is 9.74. The Hall–Kier alpha value is -2.45. The van der Waals surface area contributed by atoms with Crippen molar-refractivity contribution in [3.63, 3.8) is 0 Å². The van der Waals surface area contributed by atoms with E-state index in [9.17, 15) is 18.4 Å². The molecule has 2 aromatic carbocycles. The van der Waals surface area contributed by atoms with Gasteiger partial charge in [0.25, 0.3) is 0 Å². The van der Waals surface area contributed by atoms with Crippen LogP contribution in [0.25, 0.3) is 11.6 Å². The number of benzene rings is 2. The average Bonchev–Trinajstić information content (AvgIpc) is 2.69. The van der Waals surface area contributed by atoms with Gasteiger partial charge < -0.3 is 4.90 Å². The Morgan fingerprint density at radius 2 is 1.90 bits per heavy atom. The number of halogens is 4. The SMILES string of the molecule is CCCN1c2cc(Cl)c(/C=C(\C#N)c3ccc(C(F)(F)F)cc3)cc2C(C)CC1(C)C. The normalized spacial score (nSPS) is 18.5. The van der Waals surface area contributed by atoms with E-state index in [0.29, 0.717) is 22.1 Å². The third-order valence-corrected chi connectivity index (χ3v) is 6.22. The maximum Gasteiger partial charge on any atom is 0.416 e.